The van der Waals surface area contributed by atoms with E-state index < -0.39 is 17.5 Å². The van der Waals surface area contributed by atoms with E-state index in [2.05, 4.69) is 0 Å². The molecule has 0 N–H and O–H groups in total. The average Bonchev–Trinajstić information content (AvgIpc) is 3.27. The molecular weight excluding hydrogens is 374 g/mol. The van der Waals surface area contributed by atoms with E-state index in [9.17, 15) is 18.4 Å². The number of amides is 2. The number of benzene rings is 2. The molecule has 2 aliphatic heterocycles. The lowest BCUT2D eigenvalue weighted by molar-refractivity contribution is -0.130. The third kappa shape index (κ3) is 3.41. The van der Waals surface area contributed by atoms with Gasteiger partial charge in [-0.25, -0.2) is 8.78 Å². The van der Waals surface area contributed by atoms with Gasteiger partial charge in [-0.05, 0) is 36.2 Å². The van der Waals surface area contributed by atoms with Crippen molar-refractivity contribution in [2.45, 2.75) is 26.3 Å². The third-order valence-electron chi connectivity index (χ3n) is 6.25. The van der Waals surface area contributed by atoms with Crippen molar-refractivity contribution in [3.63, 3.8) is 0 Å². The lowest BCUT2D eigenvalue weighted by Gasteiger charge is -2.31. The maximum absolute atomic E-state index is 14.3. The minimum Gasteiger partial charge on any atom is -0.342 e. The van der Waals surface area contributed by atoms with E-state index in [0.717, 1.165) is 29.3 Å². The van der Waals surface area contributed by atoms with Crippen LogP contribution in [0.4, 0.5) is 8.78 Å². The molecule has 4 nitrogen and oxygen atoms in total. The van der Waals surface area contributed by atoms with E-state index in [1.807, 2.05) is 43.0 Å². The van der Waals surface area contributed by atoms with Crippen LogP contribution in [0.5, 0.6) is 0 Å². The second-order valence-corrected chi connectivity index (χ2v) is 7.96. The molecule has 0 bridgehead atoms. The number of aryl methyl sites for hydroxylation is 1. The standard InChI is InChI=1S/C23H24F2N2O2/c1-3-21(28)26-11-15-12-27(23(29)18-10-16(24)8-9-20(18)25)22(19(15)13-26)17-7-5-4-6-14(17)2/h4-10,15,19,22H,3,11-13H2,1-2H3/t15-,19-,22+/m0/s1. The SMILES string of the molecule is CCC(=O)N1C[C@H]2CN(C(=O)c3cc(F)ccc3F)[C@H](c3ccccc3C)[C@H]2C1. The topological polar surface area (TPSA) is 40.6 Å². The minimum absolute atomic E-state index is 0.0761. The molecular formula is C23H24F2N2O2. The highest BCUT2D eigenvalue weighted by atomic mass is 19.1. The van der Waals surface area contributed by atoms with Crippen LogP contribution in [0, 0.1) is 30.4 Å². The largest absolute Gasteiger partial charge is 0.342 e. The number of hydrogen-bond donors (Lipinski definition) is 0. The Hall–Kier alpha value is -2.76. The molecule has 2 heterocycles. The molecule has 0 aromatic heterocycles. The van der Waals surface area contributed by atoms with Crippen LogP contribution in [0.2, 0.25) is 0 Å². The Morgan fingerprint density at radius 1 is 1.07 bits per heavy atom. The summed E-state index contributed by atoms with van der Waals surface area (Å²) in [4.78, 5) is 29.0. The Balaban J connectivity index is 1.72. The molecule has 2 fully saturated rings. The van der Waals surface area contributed by atoms with E-state index in [4.69, 9.17) is 0 Å². The molecule has 2 aromatic rings. The summed E-state index contributed by atoms with van der Waals surface area (Å²) in [7, 11) is 0. The Morgan fingerprint density at radius 3 is 2.55 bits per heavy atom. The van der Waals surface area contributed by atoms with E-state index in [1.165, 1.54) is 0 Å². The number of halogens is 2. The van der Waals surface area contributed by atoms with E-state index >= 15 is 0 Å². The lowest BCUT2D eigenvalue weighted by Crippen LogP contribution is -2.37. The molecule has 29 heavy (non-hydrogen) atoms. The van der Waals surface area contributed by atoms with Crippen LogP contribution in [0.1, 0.15) is 40.9 Å². The van der Waals surface area contributed by atoms with Crippen LogP contribution >= 0.6 is 0 Å². The van der Waals surface area contributed by atoms with Gasteiger partial charge in [-0.15, -0.1) is 0 Å². The van der Waals surface area contributed by atoms with Crippen LogP contribution < -0.4 is 0 Å². The molecule has 2 amide bonds. The summed E-state index contributed by atoms with van der Waals surface area (Å²) in [6.07, 6.45) is 0.450. The number of nitrogens with zero attached hydrogens (tertiary/aromatic N) is 2. The zero-order valence-electron chi connectivity index (χ0n) is 16.6. The van der Waals surface area contributed by atoms with Crippen molar-refractivity contribution in [1.29, 1.82) is 0 Å². The molecule has 0 radical (unpaired) electrons. The molecule has 0 aliphatic carbocycles. The highest BCUT2D eigenvalue weighted by Crippen LogP contribution is 2.46. The fourth-order valence-corrected chi connectivity index (χ4v) is 4.81. The maximum atomic E-state index is 14.3. The van der Waals surface area contributed by atoms with E-state index in [0.29, 0.717) is 26.1 Å². The van der Waals surface area contributed by atoms with Crippen molar-refractivity contribution in [1.82, 2.24) is 9.80 Å². The molecule has 2 aromatic carbocycles. The third-order valence-corrected chi connectivity index (χ3v) is 6.25. The molecule has 2 saturated heterocycles. The minimum atomic E-state index is -0.722. The summed E-state index contributed by atoms with van der Waals surface area (Å²) in [6.45, 7) is 5.42. The number of carbonyl (C=O) groups is 2. The predicted octanol–water partition coefficient (Wildman–Crippen LogP) is 3.95. The van der Waals surface area contributed by atoms with Crippen molar-refractivity contribution < 1.29 is 18.4 Å². The zero-order chi connectivity index (χ0) is 20.7. The van der Waals surface area contributed by atoms with Gasteiger partial charge in [-0.1, -0.05) is 31.2 Å². The molecule has 2 aliphatic rings. The van der Waals surface area contributed by atoms with Crippen molar-refractivity contribution in [2.24, 2.45) is 11.8 Å². The zero-order valence-corrected chi connectivity index (χ0v) is 16.6. The van der Waals surface area contributed by atoms with Crippen LogP contribution in [0.3, 0.4) is 0 Å². The van der Waals surface area contributed by atoms with Crippen molar-refractivity contribution in [3.05, 3.63) is 70.8 Å². The average molecular weight is 398 g/mol. The quantitative estimate of drug-likeness (QED) is 0.785. The highest BCUT2D eigenvalue weighted by Gasteiger charge is 2.50. The van der Waals surface area contributed by atoms with Crippen LogP contribution in [-0.2, 0) is 4.79 Å². The van der Waals surface area contributed by atoms with E-state index in [1.54, 1.807) is 4.90 Å². The van der Waals surface area contributed by atoms with Gasteiger partial charge in [-0.2, -0.15) is 0 Å². The maximum Gasteiger partial charge on any atom is 0.257 e. The Morgan fingerprint density at radius 2 is 1.83 bits per heavy atom. The molecule has 0 unspecified atom stereocenters. The van der Waals surface area contributed by atoms with Gasteiger partial charge >= 0.3 is 0 Å². The second-order valence-electron chi connectivity index (χ2n) is 7.96. The molecule has 3 atom stereocenters. The Labute approximate surface area is 169 Å². The Kier molecular flexibility index (Phi) is 5.11. The number of likely N-dealkylation sites (tertiary alicyclic amines) is 2. The van der Waals surface area contributed by atoms with Crippen LogP contribution in [-0.4, -0.2) is 41.2 Å². The molecule has 152 valence electrons. The van der Waals surface area contributed by atoms with Gasteiger partial charge in [0.05, 0.1) is 11.6 Å². The lowest BCUT2D eigenvalue weighted by atomic mass is 9.87. The van der Waals surface area contributed by atoms with Crippen molar-refractivity contribution in [3.8, 4) is 0 Å². The van der Waals surface area contributed by atoms with Gasteiger partial charge in [0, 0.05) is 37.9 Å². The summed E-state index contributed by atoms with van der Waals surface area (Å²) < 4.78 is 28.0. The summed E-state index contributed by atoms with van der Waals surface area (Å²) in [5, 5.41) is 0. The van der Waals surface area contributed by atoms with Gasteiger partial charge in [0.15, 0.2) is 0 Å². The van der Waals surface area contributed by atoms with Gasteiger partial charge in [0.1, 0.15) is 11.6 Å². The van der Waals surface area contributed by atoms with Crippen molar-refractivity contribution in [2.75, 3.05) is 19.6 Å². The first-order chi connectivity index (χ1) is 13.9. The van der Waals surface area contributed by atoms with Gasteiger partial charge in [-0.3, -0.25) is 9.59 Å². The van der Waals surface area contributed by atoms with Crippen LogP contribution in [0.15, 0.2) is 42.5 Å². The first-order valence-corrected chi connectivity index (χ1v) is 10.00. The van der Waals surface area contributed by atoms with E-state index in [-0.39, 0.29) is 29.3 Å². The van der Waals surface area contributed by atoms with Crippen LogP contribution in [0.25, 0.3) is 0 Å². The fourth-order valence-electron chi connectivity index (χ4n) is 4.81. The summed E-state index contributed by atoms with van der Waals surface area (Å²) in [5.41, 5.74) is 1.79. The molecule has 0 spiro atoms. The number of rotatable bonds is 3. The summed E-state index contributed by atoms with van der Waals surface area (Å²) in [6, 6.07) is 10.5. The summed E-state index contributed by atoms with van der Waals surface area (Å²) in [5.74, 6) is -1.56. The Bertz CT molecular complexity index is 962. The smallest absolute Gasteiger partial charge is 0.257 e. The monoisotopic (exact) mass is 398 g/mol. The van der Waals surface area contributed by atoms with Crippen molar-refractivity contribution >= 4 is 11.8 Å². The molecule has 6 heteroatoms. The predicted molar refractivity (Wildman–Crippen MR) is 105 cm³/mol. The molecule has 4 rings (SSSR count). The molecule has 0 saturated carbocycles. The number of fused-ring (bicyclic) bond motifs is 1. The first-order valence-electron chi connectivity index (χ1n) is 10.00. The summed E-state index contributed by atoms with van der Waals surface area (Å²) >= 11 is 0. The number of carbonyl (C=O) groups excluding carboxylic acids is 2. The highest BCUT2D eigenvalue weighted by molar-refractivity contribution is 5.95. The fraction of sp³-hybridized carbons (Fsp3) is 0.391. The van der Waals surface area contributed by atoms with Gasteiger partial charge in [0.2, 0.25) is 5.91 Å². The van der Waals surface area contributed by atoms with Gasteiger partial charge < -0.3 is 9.80 Å². The normalized spacial score (nSPS) is 23.4. The first kappa shape index (κ1) is 19.6. The second kappa shape index (κ2) is 7.58. The number of hydrogen-bond acceptors (Lipinski definition) is 2. The van der Waals surface area contributed by atoms with Gasteiger partial charge in [0.25, 0.3) is 5.91 Å².